The molecule has 2 aromatic rings. The lowest BCUT2D eigenvalue weighted by Crippen LogP contribution is -2.30. The van der Waals surface area contributed by atoms with Gasteiger partial charge in [0, 0.05) is 30.3 Å². The summed E-state index contributed by atoms with van der Waals surface area (Å²) in [7, 11) is 0. The van der Waals surface area contributed by atoms with Crippen LogP contribution in [-0.4, -0.2) is 17.9 Å². The summed E-state index contributed by atoms with van der Waals surface area (Å²) in [5.41, 5.74) is 2.93. The molecule has 0 saturated carbocycles. The summed E-state index contributed by atoms with van der Waals surface area (Å²) in [6.45, 7) is 1.95. The van der Waals surface area contributed by atoms with Gasteiger partial charge in [-0.2, -0.15) is 13.2 Å². The van der Waals surface area contributed by atoms with Crippen LogP contribution in [0, 0.1) is 0 Å². The Balaban J connectivity index is 1.72. The number of carbonyl (C=O) groups excluding carboxylic acids is 1. The molecule has 7 heteroatoms. The van der Waals surface area contributed by atoms with E-state index in [1.165, 1.54) is 12.1 Å². The summed E-state index contributed by atoms with van der Waals surface area (Å²) in [5.74, 6) is 0. The molecule has 0 aliphatic carbocycles. The van der Waals surface area contributed by atoms with Gasteiger partial charge >= 0.3 is 6.18 Å². The number of rotatable bonds is 4. The van der Waals surface area contributed by atoms with E-state index in [9.17, 15) is 18.0 Å². The third kappa shape index (κ3) is 4.14. The Bertz CT molecular complexity index is 775. The Hall–Kier alpha value is -2.05. The van der Waals surface area contributed by atoms with E-state index in [0.717, 1.165) is 41.8 Å². The molecule has 132 valence electrons. The second kappa shape index (κ2) is 7.06. The molecule has 1 aliphatic heterocycles. The molecular weight excluding hydrogens is 353 g/mol. The van der Waals surface area contributed by atoms with Crippen molar-refractivity contribution in [3.8, 4) is 0 Å². The van der Waals surface area contributed by atoms with Crippen LogP contribution in [0.4, 0.5) is 18.9 Å². The molecule has 3 nitrogen and oxygen atoms in total. The first-order valence-corrected chi connectivity index (χ1v) is 8.14. The van der Waals surface area contributed by atoms with Crippen molar-refractivity contribution in [2.45, 2.75) is 25.7 Å². The van der Waals surface area contributed by atoms with E-state index in [0.29, 0.717) is 30.2 Å². The number of fused-ring (bicyclic) bond motifs is 1. The fourth-order valence-corrected chi connectivity index (χ4v) is 3.32. The maximum absolute atomic E-state index is 12.6. The van der Waals surface area contributed by atoms with Crippen LogP contribution in [0.25, 0.3) is 0 Å². The molecule has 0 atom stereocenters. The Kier molecular flexibility index (Phi) is 5.01. The fraction of sp³-hybridized carbons (Fsp3) is 0.278. The first-order valence-electron chi connectivity index (χ1n) is 7.77. The summed E-state index contributed by atoms with van der Waals surface area (Å²) in [5, 5.41) is 3.18. The zero-order valence-electron chi connectivity index (χ0n) is 13.2. The van der Waals surface area contributed by atoms with Gasteiger partial charge in [-0.3, -0.25) is 9.69 Å². The number of hydrogen-bond acceptors (Lipinski definition) is 2. The largest absolute Gasteiger partial charge is 0.416 e. The van der Waals surface area contributed by atoms with Gasteiger partial charge in [-0.05, 0) is 47.4 Å². The molecule has 0 spiro atoms. The summed E-state index contributed by atoms with van der Waals surface area (Å²) in [4.78, 5) is 12.7. The molecule has 3 rings (SSSR count). The molecule has 0 aromatic heterocycles. The van der Waals surface area contributed by atoms with Crippen LogP contribution in [0.2, 0.25) is 5.02 Å². The molecular formula is C18H16ClF3N2O. The Labute approximate surface area is 148 Å². The summed E-state index contributed by atoms with van der Waals surface area (Å²) >= 11 is 6.31. The zero-order chi connectivity index (χ0) is 18.0. The summed E-state index contributed by atoms with van der Waals surface area (Å²) in [6.07, 6.45) is -2.94. The second-order valence-electron chi connectivity index (χ2n) is 6.01. The lowest BCUT2D eigenvalue weighted by Gasteiger charge is -2.30. The van der Waals surface area contributed by atoms with E-state index in [1.54, 1.807) is 6.07 Å². The smallest absolute Gasteiger partial charge is 0.329 e. The molecule has 25 heavy (non-hydrogen) atoms. The number of nitrogens with zero attached hydrogens (tertiary/aromatic N) is 1. The van der Waals surface area contributed by atoms with Gasteiger partial charge in [-0.15, -0.1) is 0 Å². The van der Waals surface area contributed by atoms with Crippen molar-refractivity contribution in [1.29, 1.82) is 0 Å². The molecule has 0 radical (unpaired) electrons. The predicted octanol–water partition coefficient (Wildman–Crippen LogP) is 4.49. The minimum Gasteiger partial charge on any atom is -0.329 e. The molecule has 0 bridgehead atoms. The minimum absolute atomic E-state index is 0.558. The highest BCUT2D eigenvalue weighted by Gasteiger charge is 2.30. The van der Waals surface area contributed by atoms with Crippen molar-refractivity contribution in [3.63, 3.8) is 0 Å². The number of hydrogen-bond donors (Lipinski definition) is 1. The van der Waals surface area contributed by atoms with Crippen molar-refractivity contribution >= 4 is 23.7 Å². The topological polar surface area (TPSA) is 32.3 Å². The van der Waals surface area contributed by atoms with Crippen molar-refractivity contribution < 1.29 is 18.0 Å². The van der Waals surface area contributed by atoms with Crippen molar-refractivity contribution in [3.05, 3.63) is 63.7 Å². The molecule has 1 N–H and O–H groups in total. The molecule has 1 amide bonds. The fourth-order valence-electron chi connectivity index (χ4n) is 3.02. The van der Waals surface area contributed by atoms with Gasteiger partial charge in [0.2, 0.25) is 6.41 Å². The Morgan fingerprint density at radius 1 is 1.20 bits per heavy atom. The van der Waals surface area contributed by atoms with E-state index in [-0.39, 0.29) is 0 Å². The lowest BCUT2D eigenvalue weighted by molar-refractivity contribution is -0.137. The van der Waals surface area contributed by atoms with E-state index < -0.39 is 11.7 Å². The van der Waals surface area contributed by atoms with E-state index in [2.05, 4.69) is 10.2 Å². The highest BCUT2D eigenvalue weighted by molar-refractivity contribution is 6.31. The second-order valence-corrected chi connectivity index (χ2v) is 6.42. The molecule has 1 heterocycles. The van der Waals surface area contributed by atoms with Gasteiger partial charge in [0.25, 0.3) is 0 Å². The first-order chi connectivity index (χ1) is 11.9. The first kappa shape index (κ1) is 17.8. The van der Waals surface area contributed by atoms with Gasteiger partial charge < -0.3 is 5.32 Å². The molecule has 0 unspecified atom stereocenters. The molecule has 1 aliphatic rings. The SMILES string of the molecule is O=CNc1cc(Cl)c2c(c1)CCN(Cc1ccc(C(F)(F)F)cc1)C2. The van der Waals surface area contributed by atoms with Gasteiger partial charge in [0.15, 0.2) is 0 Å². The average Bonchev–Trinajstić information content (AvgIpc) is 2.55. The Morgan fingerprint density at radius 2 is 1.92 bits per heavy atom. The molecule has 2 aromatic carbocycles. The maximum Gasteiger partial charge on any atom is 0.416 e. The quantitative estimate of drug-likeness (QED) is 0.807. The van der Waals surface area contributed by atoms with Crippen LogP contribution in [0.5, 0.6) is 0 Å². The monoisotopic (exact) mass is 368 g/mol. The highest BCUT2D eigenvalue weighted by Crippen LogP contribution is 2.32. The lowest BCUT2D eigenvalue weighted by atomic mass is 9.98. The molecule has 0 saturated heterocycles. The summed E-state index contributed by atoms with van der Waals surface area (Å²) in [6, 6.07) is 8.85. The number of halogens is 4. The van der Waals surface area contributed by atoms with Gasteiger partial charge in [0.05, 0.1) is 5.56 Å². The number of carbonyl (C=O) groups is 1. The Morgan fingerprint density at radius 3 is 2.56 bits per heavy atom. The van der Waals surface area contributed by atoms with Crippen molar-refractivity contribution in [1.82, 2.24) is 4.90 Å². The van der Waals surface area contributed by atoms with Crippen molar-refractivity contribution in [2.24, 2.45) is 0 Å². The highest BCUT2D eigenvalue weighted by atomic mass is 35.5. The van der Waals surface area contributed by atoms with E-state index in [4.69, 9.17) is 11.6 Å². The average molecular weight is 369 g/mol. The number of amides is 1. The standard InChI is InChI=1S/C18H16ClF3N2O/c19-17-8-15(23-11-25)7-13-5-6-24(10-16(13)17)9-12-1-3-14(4-2-12)18(20,21)22/h1-4,7-8,11H,5-6,9-10H2,(H,23,25). The van der Waals surface area contributed by atoms with E-state index in [1.807, 2.05) is 6.07 Å². The van der Waals surface area contributed by atoms with Crippen LogP contribution in [0.15, 0.2) is 36.4 Å². The number of alkyl halides is 3. The van der Waals surface area contributed by atoms with Crippen LogP contribution in [0.3, 0.4) is 0 Å². The van der Waals surface area contributed by atoms with Gasteiger partial charge in [0.1, 0.15) is 0 Å². The number of anilines is 1. The maximum atomic E-state index is 12.6. The summed E-state index contributed by atoms with van der Waals surface area (Å²) < 4.78 is 37.9. The third-order valence-corrected chi connectivity index (χ3v) is 4.62. The van der Waals surface area contributed by atoms with E-state index >= 15 is 0 Å². The van der Waals surface area contributed by atoms with Crippen LogP contribution in [-0.2, 0) is 30.5 Å². The minimum atomic E-state index is -4.32. The van der Waals surface area contributed by atoms with Crippen LogP contribution < -0.4 is 5.32 Å². The number of nitrogens with one attached hydrogen (secondary N) is 1. The molecule has 0 fully saturated rings. The predicted molar refractivity (Wildman–Crippen MR) is 90.4 cm³/mol. The number of benzene rings is 2. The van der Waals surface area contributed by atoms with Crippen LogP contribution >= 0.6 is 11.6 Å². The normalized spacial score (nSPS) is 14.9. The van der Waals surface area contributed by atoms with Gasteiger partial charge in [-0.25, -0.2) is 0 Å². The zero-order valence-corrected chi connectivity index (χ0v) is 14.0. The third-order valence-electron chi connectivity index (χ3n) is 4.28. The van der Waals surface area contributed by atoms with Crippen LogP contribution in [0.1, 0.15) is 22.3 Å². The van der Waals surface area contributed by atoms with Crippen molar-refractivity contribution in [2.75, 3.05) is 11.9 Å². The van der Waals surface area contributed by atoms with Gasteiger partial charge in [-0.1, -0.05) is 23.7 Å².